The molecule has 1 heterocycles. The van der Waals surface area contributed by atoms with Crippen LogP contribution in [0.15, 0.2) is 30.6 Å². The maximum absolute atomic E-state index is 13.1. The summed E-state index contributed by atoms with van der Waals surface area (Å²) in [6, 6.07) is 4.71. The number of aromatic nitrogens is 2. The average molecular weight is 532 g/mol. The van der Waals surface area contributed by atoms with Gasteiger partial charge in [0.15, 0.2) is 11.5 Å². The lowest BCUT2D eigenvalue weighted by Crippen LogP contribution is -2.38. The van der Waals surface area contributed by atoms with Gasteiger partial charge in [-0.2, -0.15) is 0 Å². The second kappa shape index (κ2) is 9.06. The number of hydrogen-bond donors (Lipinski definition) is 0. The SMILES string of the molecule is COC(=O)c1nccnc1N(CC(F)F)S(=O)(=O)Cc1cc(I)ccc1Cl. The number of rotatable bonds is 7. The minimum absolute atomic E-state index is 0.170. The number of carbonyl (C=O) groups is 1. The molecule has 0 radical (unpaired) electrons. The third-order valence-corrected chi connectivity index (χ3v) is 5.99. The van der Waals surface area contributed by atoms with E-state index in [1.165, 1.54) is 12.1 Å². The smallest absolute Gasteiger partial charge is 0.360 e. The monoisotopic (exact) mass is 531 g/mol. The van der Waals surface area contributed by atoms with E-state index < -0.39 is 46.2 Å². The number of halogens is 4. The summed E-state index contributed by atoms with van der Waals surface area (Å²) in [5.74, 6) is -2.20. The summed E-state index contributed by atoms with van der Waals surface area (Å²) >= 11 is 8.00. The van der Waals surface area contributed by atoms with Gasteiger partial charge in [-0.3, -0.25) is 0 Å². The molecule has 1 aromatic heterocycles. The van der Waals surface area contributed by atoms with Crippen LogP contribution in [0.25, 0.3) is 0 Å². The van der Waals surface area contributed by atoms with Crippen LogP contribution >= 0.6 is 34.2 Å². The van der Waals surface area contributed by atoms with E-state index in [0.29, 0.717) is 4.31 Å². The molecule has 0 atom stereocenters. The first-order valence-corrected chi connectivity index (χ1v) is 10.3. The highest BCUT2D eigenvalue weighted by Gasteiger charge is 2.32. The Hall–Kier alpha value is -1.60. The van der Waals surface area contributed by atoms with E-state index in [4.69, 9.17) is 11.6 Å². The van der Waals surface area contributed by atoms with Crippen LogP contribution in [0.1, 0.15) is 16.1 Å². The molecule has 0 fully saturated rings. The van der Waals surface area contributed by atoms with Crippen molar-refractivity contribution in [2.24, 2.45) is 0 Å². The Bertz CT molecular complexity index is 946. The largest absolute Gasteiger partial charge is 0.464 e. The fraction of sp³-hybridized carbons (Fsp3) is 0.267. The van der Waals surface area contributed by atoms with Gasteiger partial charge in [-0.1, -0.05) is 11.6 Å². The van der Waals surface area contributed by atoms with Gasteiger partial charge in [-0.25, -0.2) is 36.3 Å². The molecular formula is C15H13ClF2IN3O4S. The van der Waals surface area contributed by atoms with Crippen molar-refractivity contribution in [1.29, 1.82) is 0 Å². The van der Waals surface area contributed by atoms with Crippen LogP contribution in [-0.4, -0.2) is 44.4 Å². The number of alkyl halides is 2. The van der Waals surface area contributed by atoms with Gasteiger partial charge < -0.3 is 4.74 Å². The quantitative estimate of drug-likeness (QED) is 0.403. The molecule has 2 rings (SSSR count). The fourth-order valence-electron chi connectivity index (χ4n) is 2.14. The summed E-state index contributed by atoms with van der Waals surface area (Å²) in [5, 5.41) is 0.170. The first kappa shape index (κ1) is 21.7. The Morgan fingerprint density at radius 3 is 2.63 bits per heavy atom. The fourth-order valence-corrected chi connectivity index (χ4v) is 4.48. The number of hydrogen-bond acceptors (Lipinski definition) is 6. The van der Waals surface area contributed by atoms with Crippen LogP contribution in [0.2, 0.25) is 5.02 Å². The van der Waals surface area contributed by atoms with Gasteiger partial charge in [0.25, 0.3) is 6.43 Å². The summed E-state index contributed by atoms with van der Waals surface area (Å²) in [5.41, 5.74) is -0.260. The molecule has 0 N–H and O–H groups in total. The second-order valence-corrected chi connectivity index (χ2v) is 8.68. The highest BCUT2D eigenvalue weighted by atomic mass is 127. The number of benzene rings is 1. The van der Waals surface area contributed by atoms with Crippen molar-refractivity contribution >= 4 is 56.0 Å². The molecule has 0 spiro atoms. The molecule has 7 nitrogen and oxygen atoms in total. The van der Waals surface area contributed by atoms with Gasteiger partial charge in [0.2, 0.25) is 10.0 Å². The van der Waals surface area contributed by atoms with Crippen molar-refractivity contribution < 1.29 is 26.7 Å². The van der Waals surface area contributed by atoms with Crippen molar-refractivity contribution in [3.63, 3.8) is 0 Å². The molecule has 2 aromatic rings. The van der Waals surface area contributed by atoms with E-state index in [0.717, 1.165) is 23.1 Å². The van der Waals surface area contributed by atoms with E-state index in [-0.39, 0.29) is 10.6 Å². The Morgan fingerprint density at radius 2 is 2.00 bits per heavy atom. The van der Waals surface area contributed by atoms with Gasteiger partial charge in [0, 0.05) is 21.0 Å². The number of ether oxygens (including phenoxy) is 1. The summed E-state index contributed by atoms with van der Waals surface area (Å²) in [6.45, 7) is -1.20. The van der Waals surface area contributed by atoms with Crippen LogP contribution in [0.3, 0.4) is 0 Å². The molecule has 146 valence electrons. The van der Waals surface area contributed by atoms with Crippen LogP contribution in [0.4, 0.5) is 14.6 Å². The first-order chi connectivity index (χ1) is 12.7. The van der Waals surface area contributed by atoms with Gasteiger partial charge >= 0.3 is 5.97 Å². The lowest BCUT2D eigenvalue weighted by Gasteiger charge is -2.24. The number of anilines is 1. The number of methoxy groups -OCH3 is 1. The molecule has 0 saturated carbocycles. The van der Waals surface area contributed by atoms with Crippen LogP contribution in [0, 0.1) is 3.57 Å². The van der Waals surface area contributed by atoms with Crippen LogP contribution in [-0.2, 0) is 20.5 Å². The third kappa shape index (κ3) is 5.45. The normalized spacial score (nSPS) is 11.5. The molecule has 0 aliphatic rings. The van der Waals surface area contributed by atoms with Gasteiger partial charge in [-0.05, 0) is 46.4 Å². The van der Waals surface area contributed by atoms with Crippen molar-refractivity contribution in [2.75, 3.05) is 18.0 Å². The van der Waals surface area contributed by atoms with E-state index in [2.05, 4.69) is 14.7 Å². The molecule has 0 saturated heterocycles. The van der Waals surface area contributed by atoms with Crippen molar-refractivity contribution in [3.05, 3.63) is 50.4 Å². The van der Waals surface area contributed by atoms with Crippen LogP contribution < -0.4 is 4.31 Å². The Kier molecular flexibility index (Phi) is 7.28. The van der Waals surface area contributed by atoms with Crippen LogP contribution in [0.5, 0.6) is 0 Å². The standard InChI is InChI=1S/C15H13ClF2IN3O4S/c1-26-15(23)13-14(21-5-4-20-13)22(7-12(17)18)27(24,25)8-9-6-10(19)2-3-11(9)16/h2-6,12H,7-8H2,1H3. The summed E-state index contributed by atoms with van der Waals surface area (Å²) in [7, 11) is -3.32. The highest BCUT2D eigenvalue weighted by Crippen LogP contribution is 2.26. The molecular weight excluding hydrogens is 519 g/mol. The number of sulfonamides is 1. The second-order valence-electron chi connectivity index (χ2n) is 5.13. The highest BCUT2D eigenvalue weighted by molar-refractivity contribution is 14.1. The molecule has 12 heteroatoms. The molecule has 27 heavy (non-hydrogen) atoms. The molecule has 0 unspecified atom stereocenters. The first-order valence-electron chi connectivity index (χ1n) is 7.27. The van der Waals surface area contributed by atoms with Crippen molar-refractivity contribution in [3.8, 4) is 0 Å². The minimum atomic E-state index is -4.37. The number of nitrogens with zero attached hydrogens (tertiary/aromatic N) is 3. The molecule has 0 bridgehead atoms. The third-order valence-electron chi connectivity index (χ3n) is 3.28. The van der Waals surface area contributed by atoms with Gasteiger partial charge in [-0.15, -0.1) is 0 Å². The topological polar surface area (TPSA) is 89.5 Å². The van der Waals surface area contributed by atoms with Crippen molar-refractivity contribution in [1.82, 2.24) is 9.97 Å². The van der Waals surface area contributed by atoms with E-state index in [9.17, 15) is 22.0 Å². The molecule has 0 aliphatic carbocycles. The van der Waals surface area contributed by atoms with E-state index in [1.807, 2.05) is 22.6 Å². The zero-order valence-electron chi connectivity index (χ0n) is 13.8. The Labute approximate surface area is 172 Å². The predicted octanol–water partition coefficient (Wildman–Crippen LogP) is 3.12. The summed E-state index contributed by atoms with van der Waals surface area (Å²) < 4.78 is 57.5. The Morgan fingerprint density at radius 1 is 1.33 bits per heavy atom. The molecule has 0 amide bonds. The summed E-state index contributed by atoms with van der Waals surface area (Å²) in [4.78, 5) is 19.3. The van der Waals surface area contributed by atoms with Gasteiger partial charge in [0.1, 0.15) is 0 Å². The predicted molar refractivity (Wildman–Crippen MR) is 104 cm³/mol. The lowest BCUT2D eigenvalue weighted by molar-refractivity contribution is 0.0594. The van der Waals surface area contributed by atoms with Crippen molar-refractivity contribution in [2.45, 2.75) is 12.2 Å². The average Bonchev–Trinajstić information content (AvgIpc) is 2.61. The zero-order chi connectivity index (χ0) is 20.2. The molecule has 1 aromatic carbocycles. The maximum atomic E-state index is 13.1. The zero-order valence-corrected chi connectivity index (χ0v) is 17.5. The van der Waals surface area contributed by atoms with Gasteiger partial charge in [0.05, 0.1) is 19.4 Å². The van der Waals surface area contributed by atoms with E-state index in [1.54, 1.807) is 6.07 Å². The lowest BCUT2D eigenvalue weighted by atomic mass is 10.2. The minimum Gasteiger partial charge on any atom is -0.464 e. The molecule has 0 aliphatic heterocycles. The maximum Gasteiger partial charge on any atom is 0.360 e. The summed E-state index contributed by atoms with van der Waals surface area (Å²) in [6.07, 6.45) is -0.799. The van der Waals surface area contributed by atoms with E-state index >= 15 is 0 Å². The number of carbonyl (C=O) groups excluding carboxylic acids is 1. The Balaban J connectivity index is 2.53. The number of esters is 1.